The van der Waals surface area contributed by atoms with Gasteiger partial charge in [-0.15, -0.1) is 0 Å². The molecule has 7 nitrogen and oxygen atoms in total. The number of para-hydroxylation sites is 1. The number of hydrogen-bond donors (Lipinski definition) is 5. The second-order valence-corrected chi connectivity index (χ2v) is 7.01. The van der Waals surface area contributed by atoms with Crippen molar-refractivity contribution in [3.63, 3.8) is 0 Å². The third-order valence-corrected chi connectivity index (χ3v) is 5.22. The van der Waals surface area contributed by atoms with Gasteiger partial charge in [0.05, 0.1) is 6.17 Å². The van der Waals surface area contributed by atoms with E-state index < -0.39 is 30.2 Å². The van der Waals surface area contributed by atoms with E-state index in [9.17, 15) is 19.8 Å². The lowest BCUT2D eigenvalue weighted by molar-refractivity contribution is -0.140. The Bertz CT molecular complexity index is 1030. The fraction of sp³-hybridized carbons (Fsp3) is 0.238. The summed E-state index contributed by atoms with van der Waals surface area (Å²) in [7, 11) is 0. The zero-order valence-corrected chi connectivity index (χ0v) is 15.1. The number of benzene rings is 2. The molecule has 0 amide bonds. The number of nitrogens with one attached hydrogen (secondary N) is 3. The summed E-state index contributed by atoms with van der Waals surface area (Å²) in [6.45, 7) is 0. The molecule has 0 radical (unpaired) electrons. The van der Waals surface area contributed by atoms with Crippen molar-refractivity contribution in [3.8, 4) is 0 Å². The molecule has 28 heavy (non-hydrogen) atoms. The van der Waals surface area contributed by atoms with E-state index in [-0.39, 0.29) is 6.42 Å². The molecule has 5 N–H and O–H groups in total. The van der Waals surface area contributed by atoms with Crippen LogP contribution in [-0.4, -0.2) is 39.2 Å². The van der Waals surface area contributed by atoms with E-state index in [1.807, 2.05) is 54.7 Å². The van der Waals surface area contributed by atoms with E-state index in [1.165, 1.54) is 0 Å². The van der Waals surface area contributed by atoms with Crippen molar-refractivity contribution in [1.82, 2.24) is 15.6 Å². The number of aliphatic carboxylic acids is 2. The van der Waals surface area contributed by atoms with Crippen molar-refractivity contribution >= 4 is 22.8 Å². The van der Waals surface area contributed by atoms with Crippen LogP contribution in [0.3, 0.4) is 0 Å². The van der Waals surface area contributed by atoms with Crippen LogP contribution in [0.2, 0.25) is 0 Å². The Kier molecular flexibility index (Phi) is 4.85. The predicted octanol–water partition coefficient (Wildman–Crippen LogP) is 2.05. The molecule has 2 aromatic carbocycles. The van der Waals surface area contributed by atoms with E-state index in [0.717, 1.165) is 27.6 Å². The predicted molar refractivity (Wildman–Crippen MR) is 104 cm³/mol. The lowest BCUT2D eigenvalue weighted by Crippen LogP contribution is -2.53. The summed E-state index contributed by atoms with van der Waals surface area (Å²) < 4.78 is 0. The fourth-order valence-electron chi connectivity index (χ4n) is 3.81. The summed E-state index contributed by atoms with van der Waals surface area (Å²) in [6, 6.07) is 13.6. The number of hydrogen-bond acceptors (Lipinski definition) is 4. The summed E-state index contributed by atoms with van der Waals surface area (Å²) >= 11 is 0. The molecule has 2 heterocycles. The number of aromatic nitrogens is 1. The summed E-state index contributed by atoms with van der Waals surface area (Å²) in [5.74, 6) is -1.94. The van der Waals surface area contributed by atoms with Crippen LogP contribution in [0.5, 0.6) is 0 Å². The molecule has 1 aliphatic rings. The molecule has 4 rings (SSSR count). The summed E-state index contributed by atoms with van der Waals surface area (Å²) in [6.07, 6.45) is 1.91. The van der Waals surface area contributed by atoms with Crippen LogP contribution >= 0.6 is 0 Å². The zero-order chi connectivity index (χ0) is 19.7. The summed E-state index contributed by atoms with van der Waals surface area (Å²) in [5.41, 5.74) is 3.63. The number of aromatic amines is 1. The van der Waals surface area contributed by atoms with Gasteiger partial charge < -0.3 is 15.2 Å². The quantitative estimate of drug-likeness (QED) is 0.448. The van der Waals surface area contributed by atoms with Gasteiger partial charge in [-0.05, 0) is 29.2 Å². The lowest BCUT2D eigenvalue weighted by Gasteiger charge is -2.33. The number of carbonyl (C=O) groups is 2. The standard InChI is InChI=1S/C21H21N3O4/c25-20(26)17-9-12-5-1-2-7-15(12)19(23-17)24-18(21(27)28)10-13-11-22-16-8-4-3-6-14(13)16/h1-8,11,17-19,22-24H,9-10H2,(H,25,26)(H,27,28)/t17?,18-,19?/m0/s1. The van der Waals surface area contributed by atoms with Crippen molar-refractivity contribution in [2.45, 2.75) is 31.1 Å². The Balaban J connectivity index is 1.61. The second-order valence-electron chi connectivity index (χ2n) is 7.01. The zero-order valence-electron chi connectivity index (χ0n) is 15.1. The first-order valence-corrected chi connectivity index (χ1v) is 9.13. The highest BCUT2D eigenvalue weighted by Crippen LogP contribution is 2.25. The van der Waals surface area contributed by atoms with E-state index in [4.69, 9.17) is 0 Å². The minimum Gasteiger partial charge on any atom is -0.480 e. The van der Waals surface area contributed by atoms with Gasteiger partial charge in [0.15, 0.2) is 0 Å². The van der Waals surface area contributed by atoms with Gasteiger partial charge in [0.1, 0.15) is 12.1 Å². The SMILES string of the molecule is O=C(O)C1Cc2ccccc2C(N[C@@H](Cc2c[nH]c3ccccc23)C(=O)O)N1. The first-order chi connectivity index (χ1) is 13.5. The number of fused-ring (bicyclic) bond motifs is 2. The average Bonchev–Trinajstić information content (AvgIpc) is 3.10. The van der Waals surface area contributed by atoms with Crippen molar-refractivity contribution in [3.05, 3.63) is 71.4 Å². The van der Waals surface area contributed by atoms with Crippen LogP contribution in [0.4, 0.5) is 0 Å². The largest absolute Gasteiger partial charge is 0.480 e. The second kappa shape index (κ2) is 7.46. The average molecular weight is 379 g/mol. The third-order valence-electron chi connectivity index (χ3n) is 5.22. The maximum Gasteiger partial charge on any atom is 0.321 e. The minimum atomic E-state index is -0.984. The molecule has 1 aliphatic heterocycles. The van der Waals surface area contributed by atoms with E-state index in [1.54, 1.807) is 0 Å². The van der Waals surface area contributed by atoms with Crippen LogP contribution in [-0.2, 0) is 22.4 Å². The number of carboxylic acid groups (broad SMARTS) is 2. The molecule has 2 unspecified atom stereocenters. The Morgan fingerprint density at radius 1 is 1.11 bits per heavy atom. The van der Waals surface area contributed by atoms with Gasteiger partial charge in [0.25, 0.3) is 0 Å². The van der Waals surface area contributed by atoms with Gasteiger partial charge in [-0.1, -0.05) is 42.5 Å². The summed E-state index contributed by atoms with van der Waals surface area (Å²) in [5, 5.41) is 26.3. The Labute approximate surface area is 161 Å². The van der Waals surface area contributed by atoms with Gasteiger partial charge in [0, 0.05) is 23.5 Å². The molecule has 0 saturated carbocycles. The number of carboxylic acids is 2. The lowest BCUT2D eigenvalue weighted by atomic mass is 9.93. The Hall–Kier alpha value is -3.16. The van der Waals surface area contributed by atoms with Crippen molar-refractivity contribution in [1.29, 1.82) is 0 Å². The monoisotopic (exact) mass is 379 g/mol. The highest BCUT2D eigenvalue weighted by Gasteiger charge is 2.32. The maximum atomic E-state index is 11.9. The van der Waals surface area contributed by atoms with E-state index in [2.05, 4.69) is 15.6 Å². The summed E-state index contributed by atoms with van der Waals surface area (Å²) in [4.78, 5) is 26.6. The minimum absolute atomic E-state index is 0.275. The van der Waals surface area contributed by atoms with Crippen molar-refractivity contribution in [2.24, 2.45) is 0 Å². The molecular formula is C21H21N3O4. The van der Waals surface area contributed by atoms with Crippen LogP contribution < -0.4 is 10.6 Å². The van der Waals surface area contributed by atoms with Crippen LogP contribution in [0.15, 0.2) is 54.7 Å². The Morgan fingerprint density at radius 3 is 2.64 bits per heavy atom. The molecule has 7 heteroatoms. The first kappa shape index (κ1) is 18.2. The maximum absolute atomic E-state index is 11.9. The molecule has 144 valence electrons. The first-order valence-electron chi connectivity index (χ1n) is 9.13. The highest BCUT2D eigenvalue weighted by molar-refractivity contribution is 5.84. The van der Waals surface area contributed by atoms with Gasteiger partial charge in [-0.25, -0.2) is 0 Å². The van der Waals surface area contributed by atoms with Gasteiger partial charge >= 0.3 is 11.9 Å². The smallest absolute Gasteiger partial charge is 0.321 e. The molecular weight excluding hydrogens is 358 g/mol. The number of H-pyrrole nitrogens is 1. The fourth-order valence-corrected chi connectivity index (χ4v) is 3.81. The topological polar surface area (TPSA) is 114 Å². The van der Waals surface area contributed by atoms with Crippen molar-refractivity contribution in [2.75, 3.05) is 0 Å². The van der Waals surface area contributed by atoms with Gasteiger partial charge in [-0.2, -0.15) is 0 Å². The van der Waals surface area contributed by atoms with Gasteiger partial charge in [0.2, 0.25) is 0 Å². The van der Waals surface area contributed by atoms with E-state index >= 15 is 0 Å². The van der Waals surface area contributed by atoms with E-state index in [0.29, 0.717) is 6.42 Å². The van der Waals surface area contributed by atoms with Crippen LogP contribution in [0, 0.1) is 0 Å². The molecule has 3 aromatic rings. The Morgan fingerprint density at radius 2 is 1.86 bits per heavy atom. The molecule has 3 atom stereocenters. The van der Waals surface area contributed by atoms with Crippen LogP contribution in [0.1, 0.15) is 22.9 Å². The molecule has 1 aromatic heterocycles. The molecule has 0 fully saturated rings. The van der Waals surface area contributed by atoms with Crippen molar-refractivity contribution < 1.29 is 19.8 Å². The molecule has 0 bridgehead atoms. The van der Waals surface area contributed by atoms with Gasteiger partial charge in [-0.3, -0.25) is 20.2 Å². The highest BCUT2D eigenvalue weighted by atomic mass is 16.4. The molecule has 0 spiro atoms. The molecule has 0 saturated heterocycles. The van der Waals surface area contributed by atoms with Crippen LogP contribution in [0.25, 0.3) is 10.9 Å². The number of rotatable bonds is 6. The third kappa shape index (κ3) is 3.49. The molecule has 0 aliphatic carbocycles. The normalized spacial score (nSPS) is 19.9.